The number of nitrogens with one attached hydrogen (secondary N) is 1. The Bertz CT molecular complexity index is 343. The monoisotopic (exact) mass is 240 g/mol. The lowest BCUT2D eigenvalue weighted by Gasteiger charge is -2.23. The van der Waals surface area contributed by atoms with Crippen LogP contribution in [0.3, 0.4) is 0 Å². The molecule has 0 aromatic rings. The summed E-state index contributed by atoms with van der Waals surface area (Å²) in [6, 6.07) is -0.734. The molecule has 0 spiro atoms. The maximum Gasteiger partial charge on any atom is 0.412 e. The maximum atomic E-state index is 11.9. The Morgan fingerprint density at radius 3 is 2.88 bits per heavy atom. The van der Waals surface area contributed by atoms with Gasteiger partial charge in [-0.1, -0.05) is 0 Å². The second-order valence-corrected chi connectivity index (χ2v) is 3.77. The van der Waals surface area contributed by atoms with Gasteiger partial charge in [-0.25, -0.2) is 4.79 Å². The van der Waals surface area contributed by atoms with Gasteiger partial charge in [0.15, 0.2) is 0 Å². The molecule has 0 bridgehead atoms. The second kappa shape index (κ2) is 5.72. The summed E-state index contributed by atoms with van der Waals surface area (Å²) in [5.41, 5.74) is 0.464. The van der Waals surface area contributed by atoms with Crippen molar-refractivity contribution in [1.82, 2.24) is 10.1 Å². The molecule has 1 rings (SSSR count). The molecule has 1 aliphatic rings. The lowest BCUT2D eigenvalue weighted by molar-refractivity contribution is -0.149. The van der Waals surface area contributed by atoms with E-state index in [4.69, 9.17) is 4.74 Å². The molecule has 2 N–H and O–H groups in total. The van der Waals surface area contributed by atoms with Gasteiger partial charge in [0.25, 0.3) is 0 Å². The van der Waals surface area contributed by atoms with Gasteiger partial charge in [-0.05, 0) is 13.7 Å². The van der Waals surface area contributed by atoms with Crippen LogP contribution in [0, 0.1) is 0 Å². The minimum atomic E-state index is -1.01. The summed E-state index contributed by atoms with van der Waals surface area (Å²) in [6.07, 6.45) is 1.79. The molecule has 0 aliphatic carbocycles. The van der Waals surface area contributed by atoms with Crippen LogP contribution in [0.25, 0.3) is 0 Å². The molecule has 1 amide bonds. The molecular weight excluding hydrogens is 223 g/mol. The van der Waals surface area contributed by atoms with Crippen LogP contribution in [0.15, 0.2) is 11.8 Å². The van der Waals surface area contributed by atoms with E-state index in [1.807, 2.05) is 0 Å². The Morgan fingerprint density at radius 1 is 1.76 bits per heavy atom. The minimum absolute atomic E-state index is 0.252. The molecule has 17 heavy (non-hydrogen) atoms. The van der Waals surface area contributed by atoms with Gasteiger partial charge in [-0.2, -0.15) is 0 Å². The number of nitrogens with zero attached hydrogens (tertiary/aromatic N) is 1. The van der Waals surface area contributed by atoms with Crippen molar-refractivity contribution in [1.29, 1.82) is 0 Å². The van der Waals surface area contributed by atoms with Gasteiger partial charge in [0.05, 0.1) is 6.61 Å². The number of carbonyl (C=O) groups excluding carboxylic acids is 2. The maximum absolute atomic E-state index is 11.9. The molecule has 1 atom stereocenters. The van der Waals surface area contributed by atoms with Crippen LogP contribution < -0.4 is 5.32 Å². The standard InChI is InChI=1S/C10H17BN2O4/c1-4-17-10(15)8-5-7(6-12-3)9(14)13(8)11(2)16/h6,8,12,16H,4-5H2,1-3H3/b7-6+/t8-/m1/s1. The highest BCUT2D eigenvalue weighted by atomic mass is 16.5. The van der Waals surface area contributed by atoms with Gasteiger partial charge in [0.2, 0.25) is 5.91 Å². The Kier molecular flexibility index (Phi) is 4.57. The molecular formula is C10H17BN2O4. The summed E-state index contributed by atoms with van der Waals surface area (Å²) in [5, 5.41) is 12.3. The van der Waals surface area contributed by atoms with E-state index in [-0.39, 0.29) is 18.9 Å². The van der Waals surface area contributed by atoms with Crippen molar-refractivity contribution in [3.63, 3.8) is 0 Å². The SMILES string of the molecule is CCOC(=O)[C@H]1C/C(=C\NC)C(=O)N1B(C)O. The summed E-state index contributed by atoms with van der Waals surface area (Å²) in [4.78, 5) is 24.7. The van der Waals surface area contributed by atoms with Crippen LogP contribution >= 0.6 is 0 Å². The van der Waals surface area contributed by atoms with Crippen molar-refractivity contribution < 1.29 is 19.3 Å². The van der Waals surface area contributed by atoms with E-state index in [0.717, 1.165) is 4.81 Å². The van der Waals surface area contributed by atoms with E-state index in [0.29, 0.717) is 5.57 Å². The number of rotatable bonds is 4. The zero-order valence-electron chi connectivity index (χ0n) is 10.3. The molecule has 0 radical (unpaired) electrons. The van der Waals surface area contributed by atoms with Crippen molar-refractivity contribution in [2.45, 2.75) is 26.2 Å². The number of esters is 1. The number of hydrogen-bond acceptors (Lipinski definition) is 5. The van der Waals surface area contributed by atoms with E-state index < -0.39 is 19.1 Å². The molecule has 94 valence electrons. The predicted octanol–water partition coefficient (Wildman–Crippen LogP) is -0.636. The topological polar surface area (TPSA) is 78.9 Å². The Balaban J connectivity index is 2.93. The largest absolute Gasteiger partial charge is 0.464 e. The molecule has 1 saturated heterocycles. The molecule has 6 nitrogen and oxygen atoms in total. The van der Waals surface area contributed by atoms with Gasteiger partial charge in [0.1, 0.15) is 6.04 Å². The lowest BCUT2D eigenvalue weighted by atomic mass is 9.84. The van der Waals surface area contributed by atoms with Crippen LogP contribution in [0.4, 0.5) is 0 Å². The Morgan fingerprint density at radius 2 is 2.41 bits per heavy atom. The normalized spacial score (nSPS) is 21.9. The highest BCUT2D eigenvalue weighted by Crippen LogP contribution is 2.25. The zero-order chi connectivity index (χ0) is 13.0. The van der Waals surface area contributed by atoms with Gasteiger partial charge in [0, 0.05) is 25.2 Å². The summed E-state index contributed by atoms with van der Waals surface area (Å²) in [7, 11) is 0.657. The fourth-order valence-corrected chi connectivity index (χ4v) is 1.86. The van der Waals surface area contributed by atoms with Gasteiger partial charge >= 0.3 is 13.0 Å². The van der Waals surface area contributed by atoms with Crippen molar-refractivity contribution in [2.75, 3.05) is 13.7 Å². The average molecular weight is 240 g/mol. The van der Waals surface area contributed by atoms with Crippen molar-refractivity contribution in [2.24, 2.45) is 0 Å². The summed E-state index contributed by atoms with van der Waals surface area (Å²) in [5.74, 6) is -0.825. The fraction of sp³-hybridized carbons (Fsp3) is 0.600. The van der Waals surface area contributed by atoms with Crippen LogP contribution in [0.2, 0.25) is 6.82 Å². The highest BCUT2D eigenvalue weighted by Gasteiger charge is 2.43. The summed E-state index contributed by atoms with van der Waals surface area (Å²) in [6.45, 7) is 3.40. The molecule has 1 aliphatic heterocycles. The Labute approximate surface area is 101 Å². The van der Waals surface area contributed by atoms with E-state index in [9.17, 15) is 14.6 Å². The first-order valence-corrected chi connectivity index (χ1v) is 5.56. The van der Waals surface area contributed by atoms with Crippen LogP contribution in [-0.2, 0) is 14.3 Å². The first-order chi connectivity index (χ1) is 8.02. The van der Waals surface area contributed by atoms with E-state index >= 15 is 0 Å². The quantitative estimate of drug-likeness (QED) is 0.388. The zero-order valence-corrected chi connectivity index (χ0v) is 10.3. The van der Waals surface area contributed by atoms with E-state index in [1.165, 1.54) is 13.0 Å². The first-order valence-electron chi connectivity index (χ1n) is 5.56. The average Bonchev–Trinajstić information content (AvgIpc) is 2.57. The van der Waals surface area contributed by atoms with Crippen LogP contribution in [-0.4, -0.2) is 48.5 Å². The summed E-state index contributed by atoms with van der Waals surface area (Å²) < 4.78 is 4.89. The second-order valence-electron chi connectivity index (χ2n) is 3.77. The van der Waals surface area contributed by atoms with E-state index in [1.54, 1.807) is 14.0 Å². The summed E-state index contributed by atoms with van der Waals surface area (Å²) >= 11 is 0. The van der Waals surface area contributed by atoms with Crippen molar-refractivity contribution in [3.8, 4) is 0 Å². The van der Waals surface area contributed by atoms with E-state index in [2.05, 4.69) is 5.32 Å². The number of carbonyl (C=O) groups is 2. The third-order valence-electron chi connectivity index (χ3n) is 2.54. The van der Waals surface area contributed by atoms with Crippen molar-refractivity contribution in [3.05, 3.63) is 11.8 Å². The van der Waals surface area contributed by atoms with Gasteiger partial charge in [-0.3, -0.25) is 4.79 Å². The number of ether oxygens (including phenoxy) is 1. The van der Waals surface area contributed by atoms with Gasteiger partial charge < -0.3 is 19.9 Å². The number of hydrogen-bond donors (Lipinski definition) is 2. The Hall–Kier alpha value is -1.50. The third-order valence-corrected chi connectivity index (χ3v) is 2.54. The molecule has 0 aromatic carbocycles. The minimum Gasteiger partial charge on any atom is -0.464 e. The molecule has 0 aromatic heterocycles. The first kappa shape index (κ1) is 13.6. The van der Waals surface area contributed by atoms with Crippen LogP contribution in [0.5, 0.6) is 0 Å². The molecule has 7 heteroatoms. The predicted molar refractivity (Wildman–Crippen MR) is 62.9 cm³/mol. The van der Waals surface area contributed by atoms with Crippen LogP contribution in [0.1, 0.15) is 13.3 Å². The molecule has 0 unspecified atom stereocenters. The molecule has 1 heterocycles. The lowest BCUT2D eigenvalue weighted by Crippen LogP contribution is -2.47. The fourth-order valence-electron chi connectivity index (χ4n) is 1.86. The van der Waals surface area contributed by atoms with Gasteiger partial charge in [-0.15, -0.1) is 0 Å². The highest BCUT2D eigenvalue weighted by molar-refractivity contribution is 6.50. The smallest absolute Gasteiger partial charge is 0.412 e. The van der Waals surface area contributed by atoms with Crippen molar-refractivity contribution >= 4 is 18.9 Å². The molecule has 0 saturated carbocycles. The molecule has 1 fully saturated rings. The third kappa shape index (κ3) is 2.79. The number of amides is 1.